The maximum absolute atomic E-state index is 12.5. The summed E-state index contributed by atoms with van der Waals surface area (Å²) in [7, 11) is -3.73. The number of carbonyl (C=O) groups excluding carboxylic acids is 2. The maximum Gasteiger partial charge on any atom is 0.338 e. The van der Waals surface area contributed by atoms with Crippen LogP contribution in [0.2, 0.25) is 0 Å². The second-order valence-corrected chi connectivity index (χ2v) is 9.36. The Labute approximate surface area is 166 Å². The first-order valence-electron chi connectivity index (χ1n) is 8.81. The average molecular weight is 404 g/mol. The molecule has 150 valence electrons. The lowest BCUT2D eigenvalue weighted by molar-refractivity contribution is -0.129. The van der Waals surface area contributed by atoms with E-state index in [-0.39, 0.29) is 22.8 Å². The number of ether oxygens (including phenoxy) is 1. The first-order valence-corrected chi connectivity index (χ1v) is 10.3. The summed E-state index contributed by atoms with van der Waals surface area (Å²) in [6.45, 7) is 8.70. The third kappa shape index (κ3) is 5.42. The number of hydrogen-bond donors (Lipinski definition) is 1. The highest BCUT2D eigenvalue weighted by Gasteiger charge is 2.23. The van der Waals surface area contributed by atoms with Crippen LogP contribution in [0.25, 0.3) is 0 Å². The van der Waals surface area contributed by atoms with E-state index in [1.807, 2.05) is 13.8 Å². The van der Waals surface area contributed by atoms with Crippen LogP contribution in [0.15, 0.2) is 47.4 Å². The van der Waals surface area contributed by atoms with Gasteiger partial charge in [0.2, 0.25) is 0 Å². The molecule has 0 radical (unpaired) electrons. The predicted molar refractivity (Wildman–Crippen MR) is 108 cm³/mol. The molecule has 28 heavy (non-hydrogen) atoms. The Balaban J connectivity index is 2.06. The van der Waals surface area contributed by atoms with E-state index in [9.17, 15) is 18.0 Å². The number of benzene rings is 2. The Bertz CT molecular complexity index is 986. The molecule has 2 aromatic rings. The van der Waals surface area contributed by atoms with Crippen LogP contribution >= 0.6 is 0 Å². The number of anilines is 1. The molecule has 1 N–H and O–H groups in total. The van der Waals surface area contributed by atoms with Crippen molar-refractivity contribution in [3.63, 3.8) is 0 Å². The highest BCUT2D eigenvalue weighted by molar-refractivity contribution is 7.92. The summed E-state index contributed by atoms with van der Waals surface area (Å²) in [6.07, 6.45) is 0. The quantitative estimate of drug-likeness (QED) is 0.740. The van der Waals surface area contributed by atoms with Gasteiger partial charge in [-0.05, 0) is 61.4 Å². The molecule has 0 bridgehead atoms. The molecule has 6 nitrogen and oxygen atoms in total. The minimum Gasteiger partial charge on any atom is -0.454 e. The van der Waals surface area contributed by atoms with Gasteiger partial charge >= 0.3 is 5.97 Å². The summed E-state index contributed by atoms with van der Waals surface area (Å²) in [5.74, 6) is -0.820. The summed E-state index contributed by atoms with van der Waals surface area (Å²) < 4.78 is 32.5. The van der Waals surface area contributed by atoms with E-state index < -0.39 is 21.4 Å². The third-order valence-corrected chi connectivity index (χ3v) is 5.71. The van der Waals surface area contributed by atoms with Crippen molar-refractivity contribution < 1.29 is 22.7 Å². The van der Waals surface area contributed by atoms with Crippen molar-refractivity contribution in [3.8, 4) is 0 Å². The van der Waals surface area contributed by atoms with Crippen LogP contribution < -0.4 is 4.72 Å². The molecule has 0 saturated carbocycles. The topological polar surface area (TPSA) is 89.5 Å². The molecule has 0 aliphatic carbocycles. The number of hydrogen-bond acceptors (Lipinski definition) is 5. The summed E-state index contributed by atoms with van der Waals surface area (Å²) in [5.41, 5.74) is 1.85. The minimum atomic E-state index is -3.73. The Morgan fingerprint density at radius 3 is 2.11 bits per heavy atom. The fourth-order valence-corrected chi connectivity index (χ4v) is 3.34. The zero-order valence-corrected chi connectivity index (χ0v) is 17.5. The van der Waals surface area contributed by atoms with Gasteiger partial charge in [-0.1, -0.05) is 26.8 Å². The van der Waals surface area contributed by atoms with Crippen LogP contribution in [0, 0.1) is 19.3 Å². The van der Waals surface area contributed by atoms with Crippen LogP contribution in [-0.2, 0) is 19.6 Å². The SMILES string of the molecule is Cc1ccc(S(=O)(=O)Nc2ccc(C(=O)OCC(=O)C(C)(C)C)cc2)cc1C. The molecule has 2 rings (SSSR count). The summed E-state index contributed by atoms with van der Waals surface area (Å²) in [4.78, 5) is 24.1. The second kappa shape index (κ2) is 8.14. The van der Waals surface area contributed by atoms with E-state index in [0.717, 1.165) is 11.1 Å². The predicted octanol–water partition coefficient (Wildman–Crippen LogP) is 3.88. The van der Waals surface area contributed by atoms with Crippen molar-refractivity contribution in [1.29, 1.82) is 0 Å². The smallest absolute Gasteiger partial charge is 0.338 e. The molecule has 2 aromatic carbocycles. The van der Waals surface area contributed by atoms with E-state index >= 15 is 0 Å². The molecule has 0 fully saturated rings. The molecule has 0 aliphatic rings. The van der Waals surface area contributed by atoms with Crippen LogP contribution in [0.5, 0.6) is 0 Å². The van der Waals surface area contributed by atoms with Crippen LogP contribution in [0.4, 0.5) is 5.69 Å². The van der Waals surface area contributed by atoms with Crippen molar-refractivity contribution in [2.75, 3.05) is 11.3 Å². The van der Waals surface area contributed by atoms with Crippen LogP contribution in [-0.4, -0.2) is 26.8 Å². The van der Waals surface area contributed by atoms with Gasteiger partial charge in [0, 0.05) is 11.1 Å². The number of esters is 1. The lowest BCUT2D eigenvalue weighted by Gasteiger charge is -2.16. The van der Waals surface area contributed by atoms with Crippen molar-refractivity contribution in [2.24, 2.45) is 5.41 Å². The number of sulfonamides is 1. The van der Waals surface area contributed by atoms with Gasteiger partial charge < -0.3 is 4.74 Å². The molecule has 0 aromatic heterocycles. The lowest BCUT2D eigenvalue weighted by atomic mass is 9.91. The van der Waals surface area contributed by atoms with Crippen molar-refractivity contribution in [3.05, 3.63) is 59.2 Å². The average Bonchev–Trinajstić information content (AvgIpc) is 2.61. The summed E-state index contributed by atoms with van der Waals surface area (Å²) in [5, 5.41) is 0. The molecule has 0 amide bonds. The van der Waals surface area contributed by atoms with Gasteiger partial charge in [0.25, 0.3) is 10.0 Å². The van der Waals surface area contributed by atoms with Crippen molar-refractivity contribution in [2.45, 2.75) is 39.5 Å². The van der Waals surface area contributed by atoms with Crippen molar-refractivity contribution >= 4 is 27.5 Å². The lowest BCUT2D eigenvalue weighted by Crippen LogP contribution is -2.26. The fraction of sp³-hybridized carbons (Fsp3) is 0.333. The maximum atomic E-state index is 12.5. The standard InChI is InChI=1S/C21H25NO5S/c1-14-6-11-18(12-15(14)2)28(25,26)22-17-9-7-16(8-10-17)20(24)27-13-19(23)21(3,4)5/h6-12,22H,13H2,1-5H3. The molecule has 7 heteroatoms. The highest BCUT2D eigenvalue weighted by atomic mass is 32.2. The monoisotopic (exact) mass is 403 g/mol. The number of carbonyl (C=O) groups is 2. The number of rotatable bonds is 6. The Kier molecular flexibility index (Phi) is 6.29. The molecule has 0 aliphatic heterocycles. The van der Waals surface area contributed by atoms with E-state index in [1.165, 1.54) is 24.3 Å². The fourth-order valence-electron chi connectivity index (χ4n) is 2.20. The Hall–Kier alpha value is -2.67. The first-order chi connectivity index (χ1) is 12.9. The van der Waals surface area contributed by atoms with E-state index in [2.05, 4.69) is 4.72 Å². The number of nitrogens with one attached hydrogen (secondary N) is 1. The van der Waals surface area contributed by atoms with E-state index in [0.29, 0.717) is 5.69 Å². The highest BCUT2D eigenvalue weighted by Crippen LogP contribution is 2.20. The summed E-state index contributed by atoms with van der Waals surface area (Å²) in [6, 6.07) is 10.7. The Morgan fingerprint density at radius 2 is 1.57 bits per heavy atom. The molecule has 0 atom stereocenters. The van der Waals surface area contributed by atoms with Gasteiger partial charge in [0.1, 0.15) is 0 Å². The largest absolute Gasteiger partial charge is 0.454 e. The van der Waals surface area contributed by atoms with Gasteiger partial charge in [-0.3, -0.25) is 9.52 Å². The van der Waals surface area contributed by atoms with Crippen LogP contribution in [0.3, 0.4) is 0 Å². The number of ketones is 1. The van der Waals surface area contributed by atoms with Gasteiger partial charge in [0.15, 0.2) is 12.4 Å². The minimum absolute atomic E-state index is 0.166. The van der Waals surface area contributed by atoms with Gasteiger partial charge in [0.05, 0.1) is 10.5 Å². The third-order valence-electron chi connectivity index (χ3n) is 4.33. The van der Waals surface area contributed by atoms with Gasteiger partial charge in [-0.15, -0.1) is 0 Å². The van der Waals surface area contributed by atoms with E-state index in [1.54, 1.807) is 39.0 Å². The molecule has 0 saturated heterocycles. The molecule has 0 unspecified atom stereocenters. The zero-order chi connectivity index (χ0) is 21.1. The molecular weight excluding hydrogens is 378 g/mol. The molecular formula is C21H25NO5S. The van der Waals surface area contributed by atoms with Gasteiger partial charge in [-0.25, -0.2) is 13.2 Å². The van der Waals surface area contributed by atoms with Gasteiger partial charge in [-0.2, -0.15) is 0 Å². The van der Waals surface area contributed by atoms with E-state index in [4.69, 9.17) is 4.74 Å². The first kappa shape index (κ1) is 21.6. The Morgan fingerprint density at radius 1 is 0.964 bits per heavy atom. The van der Waals surface area contributed by atoms with Crippen LogP contribution in [0.1, 0.15) is 42.3 Å². The zero-order valence-electron chi connectivity index (χ0n) is 16.7. The summed E-state index contributed by atoms with van der Waals surface area (Å²) >= 11 is 0. The second-order valence-electron chi connectivity index (χ2n) is 7.68. The molecule has 0 heterocycles. The molecule has 0 spiro atoms. The number of Topliss-reactive ketones (excluding diaryl/α,β-unsaturated/α-hetero) is 1. The normalized spacial score (nSPS) is 11.8. The van der Waals surface area contributed by atoms with Crippen molar-refractivity contribution in [1.82, 2.24) is 0 Å². The number of aryl methyl sites for hydroxylation is 2.